The summed E-state index contributed by atoms with van der Waals surface area (Å²) in [5.74, 6) is 0.708. The monoisotopic (exact) mass is 212 g/mol. The first-order valence-electron chi connectivity index (χ1n) is 6.28. The summed E-state index contributed by atoms with van der Waals surface area (Å²) in [6, 6.07) is 0. The van der Waals surface area contributed by atoms with Crippen molar-refractivity contribution in [3.05, 3.63) is 12.3 Å². The maximum Gasteiger partial charge on any atom is 0.199 e. The van der Waals surface area contributed by atoms with Crippen LogP contribution in [0.1, 0.15) is 52.4 Å². The van der Waals surface area contributed by atoms with Crippen LogP contribution in [0.3, 0.4) is 0 Å². The highest BCUT2D eigenvalue weighted by molar-refractivity contribution is 4.79. The molecule has 0 fully saturated rings. The number of allylic oxidation sites excluding steroid dienone is 1. The average Bonchev–Trinajstić information content (AvgIpc) is 2.31. The molecule has 0 radical (unpaired) electrons. The highest BCUT2D eigenvalue weighted by atomic mass is 16.7. The van der Waals surface area contributed by atoms with Crippen molar-refractivity contribution >= 4 is 0 Å². The number of hydrogen-bond acceptors (Lipinski definition) is 2. The predicted molar refractivity (Wildman–Crippen MR) is 62.5 cm³/mol. The Labute approximate surface area is 93.7 Å². The zero-order chi connectivity index (χ0) is 10.9. The van der Waals surface area contributed by atoms with E-state index >= 15 is 0 Å². The van der Waals surface area contributed by atoms with E-state index in [1.165, 1.54) is 25.7 Å². The second-order valence-corrected chi connectivity index (χ2v) is 4.26. The third kappa shape index (κ3) is 5.22. The maximum absolute atomic E-state index is 5.76. The summed E-state index contributed by atoms with van der Waals surface area (Å²) in [6.45, 7) is 5.34. The summed E-state index contributed by atoms with van der Waals surface area (Å²) in [5.41, 5.74) is 0. The molecule has 0 amide bonds. The lowest BCUT2D eigenvalue weighted by atomic mass is 10.0. The van der Waals surface area contributed by atoms with Crippen LogP contribution in [0.5, 0.6) is 0 Å². The molecule has 0 aromatic carbocycles. The fraction of sp³-hybridized carbons (Fsp3) is 0.846. The van der Waals surface area contributed by atoms with Gasteiger partial charge in [0.05, 0.1) is 12.9 Å². The van der Waals surface area contributed by atoms with Gasteiger partial charge in [0.25, 0.3) is 0 Å². The van der Waals surface area contributed by atoms with Crippen molar-refractivity contribution in [3.8, 4) is 0 Å². The molecule has 2 atom stereocenters. The molecule has 15 heavy (non-hydrogen) atoms. The predicted octanol–water partition coefficient (Wildman–Crippen LogP) is 3.87. The fourth-order valence-corrected chi connectivity index (χ4v) is 1.78. The largest absolute Gasteiger partial charge is 0.473 e. The Morgan fingerprint density at radius 2 is 2.33 bits per heavy atom. The highest BCUT2D eigenvalue weighted by Gasteiger charge is 2.13. The van der Waals surface area contributed by atoms with Gasteiger partial charge >= 0.3 is 0 Å². The maximum atomic E-state index is 5.76. The van der Waals surface area contributed by atoms with Gasteiger partial charge in [-0.3, -0.25) is 0 Å². The van der Waals surface area contributed by atoms with Crippen LogP contribution >= 0.6 is 0 Å². The van der Waals surface area contributed by atoms with Crippen molar-refractivity contribution in [2.75, 3.05) is 6.61 Å². The lowest BCUT2D eigenvalue weighted by Gasteiger charge is -2.22. The molecular weight excluding hydrogens is 188 g/mol. The third-order valence-corrected chi connectivity index (χ3v) is 2.96. The van der Waals surface area contributed by atoms with E-state index in [2.05, 4.69) is 13.8 Å². The van der Waals surface area contributed by atoms with E-state index in [9.17, 15) is 0 Å². The molecule has 0 spiro atoms. The molecule has 1 rings (SSSR count). The van der Waals surface area contributed by atoms with E-state index in [1.807, 2.05) is 6.08 Å². The topological polar surface area (TPSA) is 18.5 Å². The van der Waals surface area contributed by atoms with Crippen LogP contribution in [0.2, 0.25) is 0 Å². The van der Waals surface area contributed by atoms with E-state index in [4.69, 9.17) is 9.47 Å². The molecule has 0 bridgehead atoms. The van der Waals surface area contributed by atoms with Crippen LogP contribution in [-0.4, -0.2) is 12.9 Å². The molecule has 0 aromatic heterocycles. The van der Waals surface area contributed by atoms with Gasteiger partial charge in [0.1, 0.15) is 0 Å². The normalized spacial score (nSPS) is 22.4. The van der Waals surface area contributed by atoms with Crippen LogP contribution in [0.4, 0.5) is 0 Å². The van der Waals surface area contributed by atoms with Crippen LogP contribution in [0.25, 0.3) is 0 Å². The first kappa shape index (κ1) is 12.6. The van der Waals surface area contributed by atoms with Crippen molar-refractivity contribution < 1.29 is 9.47 Å². The second-order valence-electron chi connectivity index (χ2n) is 4.26. The molecule has 2 nitrogen and oxygen atoms in total. The molecule has 2 heteroatoms. The van der Waals surface area contributed by atoms with Crippen molar-refractivity contribution in [2.45, 2.75) is 58.7 Å². The number of unbranched alkanes of at least 4 members (excludes halogenated alkanes) is 1. The summed E-state index contributed by atoms with van der Waals surface area (Å²) in [4.78, 5) is 0. The average molecular weight is 212 g/mol. The van der Waals surface area contributed by atoms with Gasteiger partial charge in [-0.25, -0.2) is 0 Å². The summed E-state index contributed by atoms with van der Waals surface area (Å²) in [5, 5.41) is 0. The molecule has 0 saturated heterocycles. The van der Waals surface area contributed by atoms with Crippen LogP contribution in [0, 0.1) is 5.92 Å². The SMILES string of the molecule is CCCC[C@H](CC)CO[C@H]1CCC=CO1. The summed E-state index contributed by atoms with van der Waals surface area (Å²) >= 11 is 0. The van der Waals surface area contributed by atoms with Gasteiger partial charge in [-0.1, -0.05) is 33.1 Å². The minimum atomic E-state index is 0.00526. The Balaban J connectivity index is 2.12. The van der Waals surface area contributed by atoms with E-state index in [0.29, 0.717) is 5.92 Å². The van der Waals surface area contributed by atoms with Crippen LogP contribution in [-0.2, 0) is 9.47 Å². The van der Waals surface area contributed by atoms with E-state index in [1.54, 1.807) is 6.26 Å². The fourth-order valence-electron chi connectivity index (χ4n) is 1.78. The Hall–Kier alpha value is -0.500. The minimum Gasteiger partial charge on any atom is -0.473 e. The highest BCUT2D eigenvalue weighted by Crippen LogP contribution is 2.17. The van der Waals surface area contributed by atoms with Gasteiger partial charge in [0.2, 0.25) is 0 Å². The van der Waals surface area contributed by atoms with Crippen molar-refractivity contribution in [3.63, 3.8) is 0 Å². The van der Waals surface area contributed by atoms with E-state index < -0.39 is 0 Å². The van der Waals surface area contributed by atoms with Crippen LogP contribution < -0.4 is 0 Å². The van der Waals surface area contributed by atoms with Gasteiger partial charge in [-0.15, -0.1) is 0 Å². The lowest BCUT2D eigenvalue weighted by molar-refractivity contribution is -0.125. The number of hydrogen-bond donors (Lipinski definition) is 0. The number of rotatable bonds is 7. The molecule has 0 aliphatic carbocycles. The van der Waals surface area contributed by atoms with Crippen molar-refractivity contribution in [2.24, 2.45) is 5.92 Å². The Morgan fingerprint density at radius 1 is 1.47 bits per heavy atom. The van der Waals surface area contributed by atoms with Crippen molar-refractivity contribution in [1.29, 1.82) is 0 Å². The van der Waals surface area contributed by atoms with Gasteiger partial charge in [-0.2, -0.15) is 0 Å². The minimum absolute atomic E-state index is 0.00526. The molecule has 0 saturated carbocycles. The van der Waals surface area contributed by atoms with Gasteiger partial charge in [0, 0.05) is 6.42 Å². The van der Waals surface area contributed by atoms with Gasteiger partial charge in [-0.05, 0) is 24.8 Å². The van der Waals surface area contributed by atoms with Gasteiger partial charge in [0.15, 0.2) is 6.29 Å². The molecule has 88 valence electrons. The second kappa shape index (κ2) is 7.75. The summed E-state index contributed by atoms with van der Waals surface area (Å²) in [6.07, 6.45) is 11.0. The zero-order valence-electron chi connectivity index (χ0n) is 10.1. The molecule has 1 aliphatic heterocycles. The third-order valence-electron chi connectivity index (χ3n) is 2.96. The Morgan fingerprint density at radius 3 is 2.93 bits per heavy atom. The molecular formula is C13H24O2. The molecule has 0 aromatic rings. The summed E-state index contributed by atoms with van der Waals surface area (Å²) in [7, 11) is 0. The first-order valence-corrected chi connectivity index (χ1v) is 6.28. The van der Waals surface area contributed by atoms with Crippen molar-refractivity contribution in [1.82, 2.24) is 0 Å². The Kier molecular flexibility index (Phi) is 6.49. The molecule has 1 aliphatic rings. The molecule has 1 heterocycles. The van der Waals surface area contributed by atoms with E-state index in [0.717, 1.165) is 19.4 Å². The summed E-state index contributed by atoms with van der Waals surface area (Å²) < 4.78 is 11.1. The van der Waals surface area contributed by atoms with E-state index in [-0.39, 0.29) is 6.29 Å². The first-order chi connectivity index (χ1) is 7.36. The Bertz CT molecular complexity index is 177. The smallest absolute Gasteiger partial charge is 0.199 e. The van der Waals surface area contributed by atoms with Crippen LogP contribution in [0.15, 0.2) is 12.3 Å². The molecule has 0 N–H and O–H groups in total. The zero-order valence-corrected chi connectivity index (χ0v) is 10.1. The molecule has 0 unspecified atom stereocenters. The number of ether oxygens (including phenoxy) is 2. The lowest BCUT2D eigenvalue weighted by Crippen LogP contribution is -2.21. The van der Waals surface area contributed by atoms with Gasteiger partial charge < -0.3 is 9.47 Å². The standard InChI is InChI=1S/C13H24O2/c1-3-5-8-12(4-2)11-15-13-9-6-7-10-14-13/h7,10,12-13H,3-6,8-9,11H2,1-2H3/t12-,13-/m0/s1. The quantitative estimate of drug-likeness (QED) is 0.638.